The standard InChI is InChI=1S/4C15H16O.Pb/c4*1-15(2,12-8-4-3-5-9-12)13-10-6-7-11-14(13)16;/h4*3-11,16H,1-2H3;/q;;;;+4/p-4. The summed E-state index contributed by atoms with van der Waals surface area (Å²) in [5.41, 5.74) is 6.69. The molecule has 8 aromatic rings. The molecular weight excluding hydrogens is 992 g/mol. The molecule has 0 aliphatic heterocycles. The van der Waals surface area contributed by atoms with Gasteiger partial charge < -0.3 is 0 Å². The molecule has 0 saturated carbocycles. The summed E-state index contributed by atoms with van der Waals surface area (Å²) in [6.45, 7) is 17.9. The predicted molar refractivity (Wildman–Crippen MR) is 268 cm³/mol. The van der Waals surface area contributed by atoms with Crippen LogP contribution in [0.4, 0.5) is 0 Å². The van der Waals surface area contributed by atoms with E-state index in [0.717, 1.165) is 44.5 Å². The van der Waals surface area contributed by atoms with Crippen LogP contribution in [0.1, 0.15) is 99.9 Å². The van der Waals surface area contributed by atoms with Gasteiger partial charge in [0.05, 0.1) is 0 Å². The van der Waals surface area contributed by atoms with Crippen LogP contribution in [0.2, 0.25) is 0 Å². The SMILES string of the molecule is CC(C)(c1ccccc1)c1ccccc1[O][Pb]([O]c1ccccc1C(C)(C)c1ccccc1)([O]c1ccccc1C(C)(C)c1ccccc1)[O]c1ccccc1C(C)(C)c1ccccc1. The molecule has 0 spiro atoms. The van der Waals surface area contributed by atoms with Crippen LogP contribution in [0, 0.1) is 0 Å². The van der Waals surface area contributed by atoms with Crippen molar-refractivity contribution in [1.29, 1.82) is 0 Å². The van der Waals surface area contributed by atoms with Gasteiger partial charge in [0, 0.05) is 0 Å². The van der Waals surface area contributed by atoms with Crippen molar-refractivity contribution in [2.45, 2.75) is 77.0 Å². The molecule has 5 heteroatoms. The molecule has 8 rings (SSSR count). The first kappa shape index (κ1) is 45.5. The Labute approximate surface area is 394 Å². The Hall–Kier alpha value is -6.12. The van der Waals surface area contributed by atoms with Gasteiger partial charge in [-0.05, 0) is 0 Å². The number of benzene rings is 8. The molecule has 0 heterocycles. The van der Waals surface area contributed by atoms with Crippen molar-refractivity contribution in [1.82, 2.24) is 0 Å². The van der Waals surface area contributed by atoms with E-state index in [1.165, 1.54) is 0 Å². The number of rotatable bonds is 16. The second-order valence-electron chi connectivity index (χ2n) is 18.9. The third-order valence-corrected chi connectivity index (χ3v) is 20.5. The Bertz CT molecular complexity index is 2420. The fourth-order valence-electron chi connectivity index (χ4n) is 8.99. The molecule has 8 aromatic carbocycles. The van der Waals surface area contributed by atoms with E-state index in [1.54, 1.807) is 0 Å². The Morgan fingerprint density at radius 3 is 0.600 bits per heavy atom. The Morgan fingerprint density at radius 2 is 0.400 bits per heavy atom. The quantitative estimate of drug-likeness (QED) is 0.0904. The van der Waals surface area contributed by atoms with E-state index in [2.05, 4.69) is 225 Å². The molecule has 0 saturated heterocycles. The van der Waals surface area contributed by atoms with Crippen LogP contribution in [0.15, 0.2) is 218 Å². The maximum absolute atomic E-state index is 7.73. The first-order valence-electron chi connectivity index (χ1n) is 22.6. The topological polar surface area (TPSA) is 36.9 Å². The molecule has 0 radical (unpaired) electrons. The van der Waals surface area contributed by atoms with Crippen LogP contribution < -0.4 is 10.7 Å². The zero-order valence-electron chi connectivity index (χ0n) is 38.9. The number of hydrogen-bond donors (Lipinski definition) is 0. The molecule has 0 N–H and O–H groups in total. The van der Waals surface area contributed by atoms with Gasteiger partial charge in [-0.3, -0.25) is 0 Å². The molecule has 65 heavy (non-hydrogen) atoms. The summed E-state index contributed by atoms with van der Waals surface area (Å²) in [7, 11) is 0. The molecule has 0 fully saturated rings. The van der Waals surface area contributed by atoms with Crippen molar-refractivity contribution in [3.63, 3.8) is 0 Å². The van der Waals surface area contributed by atoms with Gasteiger partial charge in [0.25, 0.3) is 0 Å². The van der Waals surface area contributed by atoms with Crippen molar-refractivity contribution >= 4 is 23.0 Å². The predicted octanol–water partition coefficient (Wildman–Crippen LogP) is 15.0. The molecule has 4 nitrogen and oxygen atoms in total. The van der Waals surface area contributed by atoms with E-state index >= 15 is 0 Å². The van der Waals surface area contributed by atoms with Crippen molar-refractivity contribution in [2.75, 3.05) is 0 Å². The summed E-state index contributed by atoms with van der Waals surface area (Å²) < 4.78 is 30.9. The monoisotopic (exact) mass is 1050 g/mol. The Kier molecular flexibility index (Phi) is 13.1. The number of hydrogen-bond acceptors (Lipinski definition) is 4. The molecule has 0 bridgehead atoms. The fourth-order valence-corrected chi connectivity index (χ4v) is 16.9. The van der Waals surface area contributed by atoms with Crippen molar-refractivity contribution in [3.8, 4) is 23.0 Å². The average molecular weight is 1050 g/mol. The average Bonchev–Trinajstić information content (AvgIpc) is 3.33. The van der Waals surface area contributed by atoms with E-state index in [0.29, 0.717) is 23.0 Å². The molecule has 0 aliphatic carbocycles. The van der Waals surface area contributed by atoms with Crippen molar-refractivity contribution in [2.24, 2.45) is 0 Å². The van der Waals surface area contributed by atoms with E-state index < -0.39 is 44.6 Å². The van der Waals surface area contributed by atoms with Crippen LogP contribution in [0.25, 0.3) is 0 Å². The van der Waals surface area contributed by atoms with Crippen LogP contribution in [0.3, 0.4) is 0 Å². The van der Waals surface area contributed by atoms with Crippen molar-refractivity contribution in [3.05, 3.63) is 263 Å². The summed E-state index contributed by atoms with van der Waals surface area (Å²) >= 11 is -6.01. The molecular formula is C60H60O4Pb. The summed E-state index contributed by atoms with van der Waals surface area (Å²) in [5, 5.41) is 0. The molecule has 0 aromatic heterocycles. The molecule has 0 aliphatic rings. The minimum atomic E-state index is -6.01. The zero-order valence-corrected chi connectivity index (χ0v) is 42.8. The fraction of sp³-hybridized carbons (Fsp3) is 0.200. The second-order valence-corrected chi connectivity index (χ2v) is 25.9. The molecule has 328 valence electrons. The van der Waals surface area contributed by atoms with Gasteiger partial charge in [0.2, 0.25) is 0 Å². The maximum atomic E-state index is 7.73. The summed E-state index contributed by atoms with van der Waals surface area (Å²) in [6.07, 6.45) is 0. The molecule has 0 unspecified atom stereocenters. The summed E-state index contributed by atoms with van der Waals surface area (Å²) in [6, 6.07) is 75.3. The third kappa shape index (κ3) is 9.51. The Balaban J connectivity index is 1.39. The van der Waals surface area contributed by atoms with E-state index in [1.807, 2.05) is 48.5 Å². The number of para-hydroxylation sites is 4. The Morgan fingerprint density at radius 1 is 0.231 bits per heavy atom. The normalized spacial score (nSPS) is 12.3. The summed E-state index contributed by atoms with van der Waals surface area (Å²) in [4.78, 5) is 0. The molecule has 0 amide bonds. The van der Waals surface area contributed by atoms with Gasteiger partial charge in [-0.25, -0.2) is 0 Å². The van der Waals surface area contributed by atoms with Gasteiger partial charge in [-0.15, -0.1) is 0 Å². The van der Waals surface area contributed by atoms with Gasteiger partial charge >= 0.3 is 397 Å². The zero-order chi connectivity index (χ0) is 45.7. The first-order valence-corrected chi connectivity index (χ1v) is 28.9. The van der Waals surface area contributed by atoms with Crippen LogP contribution in [-0.2, 0) is 21.7 Å². The van der Waals surface area contributed by atoms with Crippen LogP contribution in [0.5, 0.6) is 23.0 Å². The second kappa shape index (κ2) is 18.8. The first-order chi connectivity index (χ1) is 31.2. The van der Waals surface area contributed by atoms with Gasteiger partial charge in [0.15, 0.2) is 0 Å². The van der Waals surface area contributed by atoms with Gasteiger partial charge in [-0.2, -0.15) is 0 Å². The summed E-state index contributed by atoms with van der Waals surface area (Å²) in [5.74, 6) is 2.56. The van der Waals surface area contributed by atoms with E-state index in [-0.39, 0.29) is 0 Å². The van der Waals surface area contributed by atoms with Crippen molar-refractivity contribution < 1.29 is 10.7 Å². The van der Waals surface area contributed by atoms with Crippen LogP contribution in [-0.4, -0.2) is 23.0 Å². The molecule has 0 atom stereocenters. The van der Waals surface area contributed by atoms with Gasteiger partial charge in [-0.1, -0.05) is 0 Å². The van der Waals surface area contributed by atoms with E-state index in [9.17, 15) is 0 Å². The van der Waals surface area contributed by atoms with Gasteiger partial charge in [0.1, 0.15) is 0 Å². The minimum absolute atomic E-state index is 0.467. The third-order valence-electron chi connectivity index (χ3n) is 13.2. The van der Waals surface area contributed by atoms with E-state index in [4.69, 9.17) is 10.7 Å². The van der Waals surface area contributed by atoms with Crippen LogP contribution >= 0.6 is 0 Å².